The maximum atomic E-state index is 11.1. The van der Waals surface area contributed by atoms with E-state index in [0.717, 1.165) is 43.3 Å². The van der Waals surface area contributed by atoms with Gasteiger partial charge < -0.3 is 9.84 Å². The normalized spacial score (nSPS) is 29.8. The number of hydrogen-bond acceptors (Lipinski definition) is 2. The quantitative estimate of drug-likeness (QED) is 0.496. The van der Waals surface area contributed by atoms with E-state index < -0.39 is 6.16 Å². The first-order valence-electron chi connectivity index (χ1n) is 10.1. The lowest BCUT2D eigenvalue weighted by atomic mass is 9.83. The summed E-state index contributed by atoms with van der Waals surface area (Å²) in [5, 5.41) is 9.12. The van der Waals surface area contributed by atoms with Gasteiger partial charge in [-0.15, -0.1) is 0 Å². The summed E-state index contributed by atoms with van der Waals surface area (Å²) >= 11 is 0. The number of nitrogens with zero attached hydrogens (tertiary/aromatic N) is 1. The van der Waals surface area contributed by atoms with Crippen LogP contribution in [0.2, 0.25) is 0 Å². The van der Waals surface area contributed by atoms with Crippen LogP contribution in [0.25, 0.3) is 0 Å². The van der Waals surface area contributed by atoms with Gasteiger partial charge in [-0.1, -0.05) is 48.5 Å². The molecule has 2 fully saturated rings. The lowest BCUT2D eigenvalue weighted by molar-refractivity contribution is -0.845. The Balaban J connectivity index is 1.70. The summed E-state index contributed by atoms with van der Waals surface area (Å²) in [5.74, 6) is 0. The average Bonchev–Trinajstić information content (AvgIpc) is 3.33. The number of rotatable bonds is 2. The molecule has 2 saturated heterocycles. The summed E-state index contributed by atoms with van der Waals surface area (Å²) in [6, 6.07) is 18.2. The zero-order chi connectivity index (χ0) is 18.6. The number of likely N-dealkylation sites (N-methyl/N-ethyl adjacent to an activating group) is 1. The Morgan fingerprint density at radius 1 is 1.11 bits per heavy atom. The van der Waals surface area contributed by atoms with Crippen LogP contribution in [0.1, 0.15) is 42.0 Å². The van der Waals surface area contributed by atoms with Crippen LogP contribution in [0.3, 0.4) is 0 Å². The van der Waals surface area contributed by atoms with Gasteiger partial charge in [0.2, 0.25) is 5.54 Å². The van der Waals surface area contributed by atoms with E-state index in [9.17, 15) is 4.79 Å². The Morgan fingerprint density at radius 3 is 2.26 bits per heavy atom. The third kappa shape index (κ3) is 2.10. The lowest BCUT2D eigenvalue weighted by Gasteiger charge is -2.30. The van der Waals surface area contributed by atoms with Crippen molar-refractivity contribution in [2.75, 3.05) is 13.1 Å². The Bertz CT molecular complexity index is 861. The van der Waals surface area contributed by atoms with Gasteiger partial charge >= 0.3 is 6.16 Å². The summed E-state index contributed by atoms with van der Waals surface area (Å²) in [6.45, 7) is 4.32. The van der Waals surface area contributed by atoms with Gasteiger partial charge in [0.05, 0.1) is 13.1 Å². The fraction of sp³-hybridized carbons (Fsp3) is 0.435. The number of fused-ring (bicyclic) bond motifs is 7. The Hall–Kier alpha value is -2.33. The van der Waals surface area contributed by atoms with Gasteiger partial charge in [-0.2, -0.15) is 0 Å². The van der Waals surface area contributed by atoms with E-state index in [1.165, 1.54) is 22.3 Å². The van der Waals surface area contributed by atoms with Gasteiger partial charge in [-0.25, -0.2) is 4.79 Å². The van der Waals surface area contributed by atoms with Gasteiger partial charge in [-0.3, -0.25) is 4.48 Å². The van der Waals surface area contributed by atoms with Crippen molar-refractivity contribution in [1.82, 2.24) is 0 Å². The van der Waals surface area contributed by atoms with E-state index in [2.05, 4.69) is 55.5 Å². The molecule has 0 radical (unpaired) electrons. The maximum absolute atomic E-state index is 11.1. The minimum Gasteiger partial charge on any atom is -0.450 e. The second kappa shape index (κ2) is 5.83. The van der Waals surface area contributed by atoms with Crippen LogP contribution in [0.5, 0.6) is 0 Å². The number of quaternary nitrogens is 1. The van der Waals surface area contributed by atoms with Crippen molar-refractivity contribution in [3.8, 4) is 0 Å². The predicted molar refractivity (Wildman–Crippen MR) is 103 cm³/mol. The number of hydrogen-bond donors (Lipinski definition) is 1. The zero-order valence-corrected chi connectivity index (χ0v) is 15.7. The Kier molecular flexibility index (Phi) is 3.63. The molecule has 2 aromatic carbocycles. The van der Waals surface area contributed by atoms with Crippen LogP contribution in [0.15, 0.2) is 48.5 Å². The minimum atomic E-state index is -1.15. The van der Waals surface area contributed by atoms with Gasteiger partial charge in [0.25, 0.3) is 0 Å². The van der Waals surface area contributed by atoms with Crippen molar-refractivity contribution in [1.29, 1.82) is 0 Å². The highest BCUT2D eigenvalue weighted by Crippen LogP contribution is 2.67. The maximum Gasteiger partial charge on any atom is 0.506 e. The molecule has 3 unspecified atom stereocenters. The predicted octanol–water partition coefficient (Wildman–Crippen LogP) is 4.10. The monoisotopic (exact) mass is 364 g/mol. The fourth-order valence-electron chi connectivity index (χ4n) is 6.40. The molecule has 4 nitrogen and oxygen atoms in total. The van der Waals surface area contributed by atoms with Crippen LogP contribution < -0.4 is 0 Å². The second-order valence-electron chi connectivity index (χ2n) is 8.20. The van der Waals surface area contributed by atoms with Crippen molar-refractivity contribution in [3.05, 3.63) is 70.8 Å². The number of benzene rings is 2. The molecule has 1 N–H and O–H groups in total. The Labute approximate surface area is 160 Å². The fourth-order valence-corrected chi connectivity index (χ4v) is 6.40. The standard InChI is InChI=1S/C23H25NO3/c1-2-24-14-13-18(27-22(25)26)15-21(24)23(24)19-9-5-3-7-16(19)11-12-17-8-4-6-10-20(17)23/h3-10,18,21H,2,11-15H2,1H3/p+1. The van der Waals surface area contributed by atoms with Gasteiger partial charge in [0.1, 0.15) is 6.10 Å². The summed E-state index contributed by atoms with van der Waals surface area (Å²) < 4.78 is 6.27. The van der Waals surface area contributed by atoms with E-state index in [0.29, 0.717) is 6.04 Å². The smallest absolute Gasteiger partial charge is 0.450 e. The van der Waals surface area contributed by atoms with Crippen molar-refractivity contribution >= 4 is 6.16 Å². The summed E-state index contributed by atoms with van der Waals surface area (Å²) in [4.78, 5) is 11.1. The zero-order valence-electron chi connectivity index (χ0n) is 15.7. The minimum absolute atomic E-state index is 0.0466. The van der Waals surface area contributed by atoms with Crippen LogP contribution in [0.4, 0.5) is 4.79 Å². The number of ether oxygens (including phenoxy) is 1. The molecule has 0 amide bonds. The molecule has 2 aromatic rings. The second-order valence-corrected chi connectivity index (χ2v) is 8.20. The van der Waals surface area contributed by atoms with Crippen LogP contribution in [-0.2, 0) is 23.1 Å². The molecule has 4 heteroatoms. The first-order valence-corrected chi connectivity index (χ1v) is 10.1. The van der Waals surface area contributed by atoms with Crippen molar-refractivity contribution < 1.29 is 19.1 Å². The molecule has 5 rings (SSSR count). The SMILES string of the molecule is CC[N+]12CCC(OC(=O)O)CC1C21c2ccccc2CCc2ccccc21. The highest BCUT2D eigenvalue weighted by Gasteiger charge is 2.81. The number of aryl methyl sites for hydroxylation is 2. The molecule has 3 aliphatic rings. The van der Waals surface area contributed by atoms with Gasteiger partial charge in [0.15, 0.2) is 6.04 Å². The first-order chi connectivity index (χ1) is 13.1. The molecule has 27 heavy (non-hydrogen) atoms. The van der Waals surface area contributed by atoms with Crippen LogP contribution in [-0.4, -0.2) is 41.0 Å². The van der Waals surface area contributed by atoms with Crippen LogP contribution in [0, 0.1) is 0 Å². The summed E-state index contributed by atoms with van der Waals surface area (Å²) in [6.07, 6.45) is 2.42. The van der Waals surface area contributed by atoms with Gasteiger partial charge in [0, 0.05) is 24.0 Å². The summed E-state index contributed by atoms with van der Waals surface area (Å²) in [5.41, 5.74) is 5.76. The van der Waals surface area contributed by atoms with E-state index in [-0.39, 0.29) is 11.6 Å². The topological polar surface area (TPSA) is 46.5 Å². The van der Waals surface area contributed by atoms with Crippen molar-refractivity contribution in [3.63, 3.8) is 0 Å². The van der Waals surface area contributed by atoms with Crippen molar-refractivity contribution in [2.24, 2.45) is 0 Å². The number of carbonyl (C=O) groups is 1. The average molecular weight is 364 g/mol. The van der Waals surface area contributed by atoms with E-state index in [1.807, 2.05) is 0 Å². The molecule has 0 bridgehead atoms. The van der Waals surface area contributed by atoms with E-state index in [4.69, 9.17) is 9.84 Å². The van der Waals surface area contributed by atoms with Crippen LogP contribution >= 0.6 is 0 Å². The molecular weight excluding hydrogens is 338 g/mol. The largest absolute Gasteiger partial charge is 0.506 e. The van der Waals surface area contributed by atoms with Gasteiger partial charge in [-0.05, 0) is 30.9 Å². The molecular formula is C23H26NO3+. The third-order valence-corrected chi connectivity index (χ3v) is 7.40. The molecule has 2 aliphatic heterocycles. The third-order valence-electron chi connectivity index (χ3n) is 7.40. The number of carboxylic acid groups (broad SMARTS) is 1. The molecule has 1 spiro atoms. The molecule has 0 saturated carbocycles. The van der Waals surface area contributed by atoms with E-state index >= 15 is 0 Å². The lowest BCUT2D eigenvalue weighted by Crippen LogP contribution is -2.41. The molecule has 140 valence electrons. The highest BCUT2D eigenvalue weighted by atomic mass is 16.7. The highest BCUT2D eigenvalue weighted by molar-refractivity contribution is 5.57. The summed E-state index contributed by atoms with van der Waals surface area (Å²) in [7, 11) is 0. The van der Waals surface area contributed by atoms with E-state index in [1.54, 1.807) is 0 Å². The molecule has 2 heterocycles. The Morgan fingerprint density at radius 2 is 1.70 bits per heavy atom. The van der Waals surface area contributed by atoms with Crippen molar-refractivity contribution in [2.45, 2.75) is 50.3 Å². The molecule has 1 aliphatic carbocycles. The number of piperidine rings is 1. The molecule has 0 aromatic heterocycles. The first kappa shape index (κ1) is 16.8. The molecule has 3 atom stereocenters.